The van der Waals surface area contributed by atoms with Crippen LogP contribution in [0.4, 0.5) is 35.2 Å². The number of aryl methyl sites for hydroxylation is 1. The third-order valence-electron chi connectivity index (χ3n) is 5.01. The highest BCUT2D eigenvalue weighted by Crippen LogP contribution is 2.35. The fourth-order valence-electron chi connectivity index (χ4n) is 3.45. The van der Waals surface area contributed by atoms with Gasteiger partial charge in [0.05, 0.1) is 11.3 Å². The molecule has 4 rings (SSSR count). The number of nitrogens with zero attached hydrogens (tertiary/aromatic N) is 4. The molecule has 170 valence electrons. The summed E-state index contributed by atoms with van der Waals surface area (Å²) in [7, 11) is 0. The van der Waals surface area contributed by atoms with Crippen LogP contribution in [0.1, 0.15) is 18.1 Å². The average Bonchev–Trinajstić information content (AvgIpc) is 3.07. The number of hydrogen-bond acceptors (Lipinski definition) is 6. The normalized spacial score (nSPS) is 14.2. The van der Waals surface area contributed by atoms with Crippen molar-refractivity contribution in [2.75, 3.05) is 22.1 Å². The Kier molecular flexibility index (Phi) is 5.62. The summed E-state index contributed by atoms with van der Waals surface area (Å²) in [4.78, 5) is 35.5. The van der Waals surface area contributed by atoms with E-state index in [9.17, 15) is 22.8 Å². The summed E-state index contributed by atoms with van der Waals surface area (Å²) in [5.41, 5.74) is 5.66. The van der Waals surface area contributed by atoms with E-state index in [1.54, 1.807) is 18.2 Å². The topological polar surface area (TPSA) is 102 Å². The molecule has 2 aromatic carbocycles. The van der Waals surface area contributed by atoms with Crippen LogP contribution < -0.4 is 20.3 Å². The molecular weight excluding hydrogens is 439 g/mol. The number of ether oxygens (including phenoxy) is 1. The van der Waals surface area contributed by atoms with E-state index in [1.165, 1.54) is 24.5 Å². The van der Waals surface area contributed by atoms with Gasteiger partial charge >= 0.3 is 12.2 Å². The van der Waals surface area contributed by atoms with Crippen LogP contribution in [0.2, 0.25) is 0 Å². The predicted molar refractivity (Wildman–Crippen MR) is 114 cm³/mol. The van der Waals surface area contributed by atoms with E-state index in [2.05, 4.69) is 9.97 Å². The van der Waals surface area contributed by atoms with Crippen molar-refractivity contribution in [2.45, 2.75) is 19.5 Å². The number of urea groups is 1. The molecule has 1 saturated heterocycles. The van der Waals surface area contributed by atoms with E-state index in [1.807, 2.05) is 6.92 Å². The number of nitrogens with two attached hydrogens (primary N) is 1. The van der Waals surface area contributed by atoms with Gasteiger partial charge in [0.15, 0.2) is 0 Å². The molecule has 11 heteroatoms. The van der Waals surface area contributed by atoms with Crippen LogP contribution in [0, 0.1) is 0 Å². The number of aromatic nitrogens is 2. The molecule has 1 aliphatic rings. The summed E-state index contributed by atoms with van der Waals surface area (Å²) < 4.78 is 44.9. The van der Waals surface area contributed by atoms with Crippen molar-refractivity contribution >= 4 is 29.1 Å². The van der Waals surface area contributed by atoms with Crippen molar-refractivity contribution < 1.29 is 27.5 Å². The highest BCUT2D eigenvalue weighted by atomic mass is 19.4. The number of hydrogen-bond donors (Lipinski definition) is 1. The number of halogens is 3. The second-order valence-electron chi connectivity index (χ2n) is 7.17. The lowest BCUT2D eigenvalue weighted by Crippen LogP contribution is -2.33. The van der Waals surface area contributed by atoms with E-state index in [4.69, 9.17) is 10.5 Å². The Morgan fingerprint density at radius 3 is 2.58 bits per heavy atom. The van der Waals surface area contributed by atoms with Crippen LogP contribution in [0.5, 0.6) is 11.6 Å². The van der Waals surface area contributed by atoms with Crippen molar-refractivity contribution in [3.8, 4) is 11.6 Å². The molecule has 0 spiro atoms. The zero-order chi connectivity index (χ0) is 23.8. The number of amides is 3. The number of carbonyl (C=O) groups excluding carboxylic acids is 2. The van der Waals surface area contributed by atoms with Crippen LogP contribution in [0.3, 0.4) is 0 Å². The Hall–Kier alpha value is -4.15. The average molecular weight is 457 g/mol. The van der Waals surface area contributed by atoms with E-state index in [0.717, 1.165) is 21.9 Å². The second kappa shape index (κ2) is 8.41. The largest absolute Gasteiger partial charge is 0.439 e. The maximum absolute atomic E-state index is 13.1. The molecule has 0 saturated carbocycles. The van der Waals surface area contributed by atoms with Crippen molar-refractivity contribution in [3.05, 3.63) is 66.0 Å². The van der Waals surface area contributed by atoms with E-state index >= 15 is 0 Å². The number of imide groups is 1. The molecule has 0 bridgehead atoms. The van der Waals surface area contributed by atoms with Gasteiger partial charge in [-0.05, 0) is 48.4 Å². The van der Waals surface area contributed by atoms with Crippen molar-refractivity contribution in [1.29, 1.82) is 0 Å². The molecule has 0 atom stereocenters. The Balaban J connectivity index is 1.62. The maximum atomic E-state index is 13.1. The first-order valence-electron chi connectivity index (χ1n) is 9.87. The van der Waals surface area contributed by atoms with Crippen LogP contribution in [-0.2, 0) is 17.4 Å². The zero-order valence-corrected chi connectivity index (χ0v) is 17.3. The molecule has 0 radical (unpaired) electrons. The fraction of sp³-hybridized carbons (Fsp3) is 0.182. The van der Waals surface area contributed by atoms with Gasteiger partial charge < -0.3 is 10.5 Å². The van der Waals surface area contributed by atoms with Crippen LogP contribution >= 0.6 is 0 Å². The van der Waals surface area contributed by atoms with Crippen LogP contribution in [0.25, 0.3) is 0 Å². The molecule has 3 amide bonds. The SMILES string of the molecule is CCc1cc(Oc2cc(N)ncn2)ccc1N1C(=O)CN(c2cccc(C(F)(F)F)c2)C1=O. The first-order chi connectivity index (χ1) is 15.7. The van der Waals surface area contributed by atoms with Gasteiger partial charge in [0.1, 0.15) is 24.4 Å². The minimum Gasteiger partial charge on any atom is -0.439 e. The van der Waals surface area contributed by atoms with Gasteiger partial charge in [-0.3, -0.25) is 9.69 Å². The molecule has 3 aromatic rings. The highest BCUT2D eigenvalue weighted by molar-refractivity contribution is 6.27. The number of alkyl halides is 3. The minimum atomic E-state index is -4.57. The molecule has 8 nitrogen and oxygen atoms in total. The quantitative estimate of drug-likeness (QED) is 0.570. The summed E-state index contributed by atoms with van der Waals surface area (Å²) >= 11 is 0. The lowest BCUT2D eigenvalue weighted by molar-refractivity contribution is -0.137. The molecule has 1 aromatic heterocycles. The van der Waals surface area contributed by atoms with Gasteiger partial charge in [-0.2, -0.15) is 13.2 Å². The van der Waals surface area contributed by atoms with E-state index < -0.39 is 23.7 Å². The number of carbonyl (C=O) groups is 2. The first kappa shape index (κ1) is 22.1. The molecule has 1 aliphatic heterocycles. The standard InChI is InChI=1S/C22H18F3N5O3/c1-2-13-8-16(33-19-10-18(26)27-12-28-19)6-7-17(13)30-20(31)11-29(21(30)32)15-5-3-4-14(9-15)22(23,24)25/h3-10,12H,2,11H2,1H3,(H2,26,27,28). The third-order valence-corrected chi connectivity index (χ3v) is 5.01. The molecule has 2 heterocycles. The summed E-state index contributed by atoms with van der Waals surface area (Å²) in [6, 6.07) is 9.77. The molecule has 33 heavy (non-hydrogen) atoms. The molecule has 1 fully saturated rings. The smallest absolute Gasteiger partial charge is 0.416 e. The van der Waals surface area contributed by atoms with Crippen LogP contribution in [0.15, 0.2) is 54.9 Å². The Morgan fingerprint density at radius 2 is 1.88 bits per heavy atom. The Bertz CT molecular complexity index is 1230. The van der Waals surface area contributed by atoms with Gasteiger partial charge in [-0.1, -0.05) is 13.0 Å². The number of anilines is 3. The maximum Gasteiger partial charge on any atom is 0.416 e. The summed E-state index contributed by atoms with van der Waals surface area (Å²) in [6.45, 7) is 1.46. The third kappa shape index (κ3) is 4.43. The molecular formula is C22H18F3N5O3. The summed E-state index contributed by atoms with van der Waals surface area (Å²) in [6.07, 6.45) is -2.86. The number of rotatable bonds is 5. The number of benzene rings is 2. The van der Waals surface area contributed by atoms with E-state index in [0.29, 0.717) is 23.4 Å². The van der Waals surface area contributed by atoms with Gasteiger partial charge in [0.2, 0.25) is 5.88 Å². The lowest BCUT2D eigenvalue weighted by Gasteiger charge is -2.20. The Morgan fingerprint density at radius 1 is 1.09 bits per heavy atom. The van der Waals surface area contributed by atoms with Crippen molar-refractivity contribution in [1.82, 2.24) is 9.97 Å². The van der Waals surface area contributed by atoms with Crippen LogP contribution in [-0.4, -0.2) is 28.5 Å². The fourth-order valence-corrected chi connectivity index (χ4v) is 3.45. The van der Waals surface area contributed by atoms with E-state index in [-0.39, 0.29) is 23.9 Å². The molecule has 0 unspecified atom stereocenters. The molecule has 2 N–H and O–H groups in total. The zero-order valence-electron chi connectivity index (χ0n) is 17.3. The van der Waals surface area contributed by atoms with Gasteiger partial charge in [-0.15, -0.1) is 0 Å². The van der Waals surface area contributed by atoms with Crippen molar-refractivity contribution in [3.63, 3.8) is 0 Å². The lowest BCUT2D eigenvalue weighted by atomic mass is 10.1. The molecule has 0 aliphatic carbocycles. The Labute approximate surface area is 186 Å². The summed E-state index contributed by atoms with van der Waals surface area (Å²) in [5.74, 6) is 0.309. The van der Waals surface area contributed by atoms with Gasteiger partial charge in [0, 0.05) is 11.8 Å². The van der Waals surface area contributed by atoms with Gasteiger partial charge in [-0.25, -0.2) is 19.7 Å². The number of nitrogen functional groups attached to an aromatic ring is 1. The predicted octanol–water partition coefficient (Wildman–Crippen LogP) is 4.41. The summed E-state index contributed by atoms with van der Waals surface area (Å²) in [5, 5.41) is 0. The highest BCUT2D eigenvalue weighted by Gasteiger charge is 2.40. The van der Waals surface area contributed by atoms with Crippen molar-refractivity contribution in [2.24, 2.45) is 0 Å². The van der Waals surface area contributed by atoms with Gasteiger partial charge in [0.25, 0.3) is 5.91 Å². The minimum absolute atomic E-state index is 0.00923. The second-order valence-corrected chi connectivity index (χ2v) is 7.17. The monoisotopic (exact) mass is 457 g/mol. The first-order valence-corrected chi connectivity index (χ1v) is 9.87.